The van der Waals surface area contributed by atoms with E-state index in [9.17, 15) is 0 Å². The predicted octanol–water partition coefficient (Wildman–Crippen LogP) is 12.1. The van der Waals surface area contributed by atoms with E-state index in [0.717, 1.165) is 0 Å². The van der Waals surface area contributed by atoms with Crippen LogP contribution in [-0.4, -0.2) is 0 Å². The lowest BCUT2D eigenvalue weighted by molar-refractivity contribution is 0.518. The van der Waals surface area contributed by atoms with E-state index in [1.54, 1.807) is 0 Å². The Morgan fingerprint density at radius 3 is 0.774 bits per heavy atom. The zero-order chi connectivity index (χ0) is 22.5. The summed E-state index contributed by atoms with van der Waals surface area (Å²) >= 11 is 0. The molecule has 0 aliphatic rings. The second-order valence-electron chi connectivity index (χ2n) is 10.2. The third-order valence-corrected chi connectivity index (χ3v) is 6.87. The van der Waals surface area contributed by atoms with E-state index in [2.05, 4.69) is 26.0 Å². The molecular formula is C31H62. The van der Waals surface area contributed by atoms with Gasteiger partial charge in [-0.2, -0.15) is 0 Å². The highest BCUT2D eigenvalue weighted by Gasteiger charge is 1.96. The Bertz CT molecular complexity index is 316. The Kier molecular flexibility index (Phi) is 29.5. The molecule has 0 atom stereocenters. The number of hydrogen-bond acceptors (Lipinski definition) is 0. The van der Waals surface area contributed by atoms with Gasteiger partial charge in [0.05, 0.1) is 0 Å². The molecule has 0 aromatic carbocycles. The minimum atomic E-state index is 1.29. The Hall–Kier alpha value is -0.260. The predicted molar refractivity (Wildman–Crippen MR) is 145 cm³/mol. The molecule has 0 rings (SSSR count). The first-order valence-corrected chi connectivity index (χ1v) is 15.1. The molecule has 0 aliphatic heterocycles. The molecule has 0 saturated heterocycles. The van der Waals surface area contributed by atoms with Crippen molar-refractivity contribution in [3.8, 4) is 0 Å². The third-order valence-electron chi connectivity index (χ3n) is 6.87. The van der Waals surface area contributed by atoms with Gasteiger partial charge in [-0.05, 0) is 19.3 Å². The Morgan fingerprint density at radius 2 is 0.484 bits per heavy atom. The lowest BCUT2D eigenvalue weighted by atomic mass is 10.0. The van der Waals surface area contributed by atoms with Crippen molar-refractivity contribution in [3.63, 3.8) is 0 Å². The third kappa shape index (κ3) is 29.7. The average Bonchev–Trinajstić information content (AvgIpc) is 2.78. The summed E-state index contributed by atoms with van der Waals surface area (Å²) in [7, 11) is 0. The van der Waals surface area contributed by atoms with Gasteiger partial charge in [0.2, 0.25) is 0 Å². The molecule has 0 radical (unpaired) electrons. The molecule has 0 saturated carbocycles. The fraction of sp³-hybridized carbons (Fsp3) is 0.935. The maximum Gasteiger partial charge on any atom is -0.0351 e. The number of unbranched alkanes of at least 4 members (excludes halogenated alkanes) is 25. The average molecular weight is 435 g/mol. The second-order valence-corrected chi connectivity index (χ2v) is 10.2. The lowest BCUT2D eigenvalue weighted by Crippen LogP contribution is -1.84. The molecule has 0 aliphatic carbocycles. The molecule has 0 nitrogen and oxygen atoms in total. The Morgan fingerprint density at radius 1 is 0.258 bits per heavy atom. The molecule has 0 unspecified atom stereocenters. The standard InChI is InChI=1S/C31H62/c1-3-5-7-9-11-13-15-17-19-21-23-25-27-29-31-30-28-26-24-22-20-18-16-14-12-10-8-6-4-2/h9,11H,3-8,10,12-31H2,1-2H3. The summed E-state index contributed by atoms with van der Waals surface area (Å²) in [5, 5.41) is 0. The summed E-state index contributed by atoms with van der Waals surface area (Å²) in [5.74, 6) is 0. The summed E-state index contributed by atoms with van der Waals surface area (Å²) in [6.07, 6.45) is 43.9. The fourth-order valence-corrected chi connectivity index (χ4v) is 4.61. The van der Waals surface area contributed by atoms with E-state index in [-0.39, 0.29) is 0 Å². The molecule has 0 bridgehead atoms. The van der Waals surface area contributed by atoms with Crippen LogP contribution in [0.4, 0.5) is 0 Å². The molecule has 0 heteroatoms. The first-order valence-electron chi connectivity index (χ1n) is 15.1. The minimum absolute atomic E-state index is 1.29. The molecule has 0 aromatic rings. The number of rotatable bonds is 27. The summed E-state index contributed by atoms with van der Waals surface area (Å²) in [6.45, 7) is 4.58. The van der Waals surface area contributed by atoms with Crippen molar-refractivity contribution in [2.75, 3.05) is 0 Å². The Balaban J connectivity index is 3.01. The van der Waals surface area contributed by atoms with Gasteiger partial charge in [-0.3, -0.25) is 0 Å². The summed E-state index contributed by atoms with van der Waals surface area (Å²) < 4.78 is 0. The molecular weight excluding hydrogens is 372 g/mol. The van der Waals surface area contributed by atoms with E-state index >= 15 is 0 Å². The van der Waals surface area contributed by atoms with Crippen molar-refractivity contribution >= 4 is 0 Å². The zero-order valence-electron chi connectivity index (χ0n) is 22.2. The largest absolute Gasteiger partial charge is 0.0885 e. The van der Waals surface area contributed by atoms with Gasteiger partial charge in [-0.1, -0.05) is 180 Å². The van der Waals surface area contributed by atoms with Crippen LogP contribution >= 0.6 is 0 Å². The lowest BCUT2D eigenvalue weighted by Gasteiger charge is -2.04. The maximum atomic E-state index is 2.41. The molecule has 0 spiro atoms. The first kappa shape index (κ1) is 30.7. The van der Waals surface area contributed by atoms with Crippen LogP contribution in [0.3, 0.4) is 0 Å². The van der Waals surface area contributed by atoms with Crippen LogP contribution in [-0.2, 0) is 0 Å². The van der Waals surface area contributed by atoms with Crippen LogP contribution in [0, 0.1) is 0 Å². The van der Waals surface area contributed by atoms with Crippen molar-refractivity contribution in [1.82, 2.24) is 0 Å². The van der Waals surface area contributed by atoms with Gasteiger partial charge in [-0.15, -0.1) is 0 Å². The Labute approximate surface area is 199 Å². The SMILES string of the molecule is CCCCC=CCCCCCCCCCCCCCCCCCCCCCCCCC. The molecule has 0 fully saturated rings. The van der Waals surface area contributed by atoms with Crippen LogP contribution in [0.5, 0.6) is 0 Å². The molecule has 0 aromatic heterocycles. The van der Waals surface area contributed by atoms with Crippen molar-refractivity contribution in [2.24, 2.45) is 0 Å². The highest BCUT2D eigenvalue weighted by Crippen LogP contribution is 2.15. The van der Waals surface area contributed by atoms with Crippen LogP contribution in [0.2, 0.25) is 0 Å². The maximum absolute atomic E-state index is 2.41. The van der Waals surface area contributed by atoms with Crippen LogP contribution in [0.25, 0.3) is 0 Å². The van der Waals surface area contributed by atoms with E-state index < -0.39 is 0 Å². The van der Waals surface area contributed by atoms with Crippen LogP contribution < -0.4 is 0 Å². The normalized spacial score (nSPS) is 11.7. The van der Waals surface area contributed by atoms with Gasteiger partial charge in [0.1, 0.15) is 0 Å². The molecule has 0 heterocycles. The second kappa shape index (κ2) is 29.7. The zero-order valence-corrected chi connectivity index (χ0v) is 22.2. The van der Waals surface area contributed by atoms with Crippen molar-refractivity contribution in [2.45, 2.75) is 187 Å². The molecule has 186 valence electrons. The van der Waals surface area contributed by atoms with Crippen molar-refractivity contribution in [1.29, 1.82) is 0 Å². The highest BCUT2D eigenvalue weighted by atomic mass is 14.0. The van der Waals surface area contributed by atoms with Gasteiger partial charge in [0.25, 0.3) is 0 Å². The number of hydrogen-bond donors (Lipinski definition) is 0. The first-order chi connectivity index (χ1) is 15.4. The van der Waals surface area contributed by atoms with Crippen molar-refractivity contribution < 1.29 is 0 Å². The van der Waals surface area contributed by atoms with Gasteiger partial charge in [-0.25, -0.2) is 0 Å². The minimum Gasteiger partial charge on any atom is -0.0885 e. The van der Waals surface area contributed by atoms with E-state index in [4.69, 9.17) is 0 Å². The monoisotopic (exact) mass is 434 g/mol. The smallest absolute Gasteiger partial charge is 0.0351 e. The molecule has 0 N–H and O–H groups in total. The van der Waals surface area contributed by atoms with Crippen molar-refractivity contribution in [3.05, 3.63) is 12.2 Å². The van der Waals surface area contributed by atoms with Gasteiger partial charge >= 0.3 is 0 Å². The highest BCUT2D eigenvalue weighted by molar-refractivity contribution is 4.81. The van der Waals surface area contributed by atoms with E-state index in [1.807, 2.05) is 0 Å². The number of allylic oxidation sites excluding steroid dienone is 2. The summed E-state index contributed by atoms with van der Waals surface area (Å²) in [5.41, 5.74) is 0. The van der Waals surface area contributed by atoms with E-state index in [0.29, 0.717) is 0 Å². The van der Waals surface area contributed by atoms with Gasteiger partial charge in [0, 0.05) is 0 Å². The van der Waals surface area contributed by atoms with Crippen LogP contribution in [0.1, 0.15) is 187 Å². The van der Waals surface area contributed by atoms with Gasteiger partial charge < -0.3 is 0 Å². The fourth-order valence-electron chi connectivity index (χ4n) is 4.61. The molecule has 0 amide bonds. The topological polar surface area (TPSA) is 0 Å². The van der Waals surface area contributed by atoms with Crippen LogP contribution in [0.15, 0.2) is 12.2 Å². The summed E-state index contributed by atoms with van der Waals surface area (Å²) in [6, 6.07) is 0. The van der Waals surface area contributed by atoms with Gasteiger partial charge in [0.15, 0.2) is 0 Å². The summed E-state index contributed by atoms with van der Waals surface area (Å²) in [4.78, 5) is 0. The van der Waals surface area contributed by atoms with E-state index in [1.165, 1.54) is 173 Å². The quantitative estimate of drug-likeness (QED) is 0.0890. The molecule has 31 heavy (non-hydrogen) atoms.